The van der Waals surface area contributed by atoms with Gasteiger partial charge in [0, 0.05) is 16.6 Å². The number of rotatable bonds is 4. The maximum absolute atomic E-state index is 12.1. The van der Waals surface area contributed by atoms with E-state index in [-0.39, 0.29) is 23.8 Å². The number of benzene rings is 1. The van der Waals surface area contributed by atoms with Gasteiger partial charge in [0.05, 0.1) is 4.90 Å². The summed E-state index contributed by atoms with van der Waals surface area (Å²) in [4.78, 5) is 0.233. The van der Waals surface area contributed by atoms with Crippen molar-refractivity contribution in [3.63, 3.8) is 0 Å². The molecule has 1 aromatic rings. The second-order valence-corrected chi connectivity index (χ2v) is 7.14. The Morgan fingerprint density at radius 1 is 1.39 bits per heavy atom. The smallest absolute Gasteiger partial charge is 0.241 e. The molecule has 0 heterocycles. The van der Waals surface area contributed by atoms with E-state index in [0.29, 0.717) is 0 Å². The Kier molecular flexibility index (Phi) is 6.29. The number of halogens is 2. The normalized spacial score (nSPS) is 12.1. The topological polar surface area (TPSA) is 72.2 Å². The molecule has 0 fully saturated rings. The molecular weight excluding hydrogens is 340 g/mol. The maximum atomic E-state index is 12.1. The molecule has 0 aromatic heterocycles. The van der Waals surface area contributed by atoms with Crippen LogP contribution in [0.4, 0.5) is 0 Å². The quantitative estimate of drug-likeness (QED) is 0.867. The van der Waals surface area contributed by atoms with Crippen molar-refractivity contribution in [2.24, 2.45) is 5.73 Å². The molecule has 4 nitrogen and oxygen atoms in total. The highest BCUT2D eigenvalue weighted by atomic mass is 79.9. The molecule has 18 heavy (non-hydrogen) atoms. The largest absolute Gasteiger partial charge is 0.329 e. The minimum absolute atomic E-state index is 0. The third-order valence-corrected chi connectivity index (χ3v) is 4.92. The summed E-state index contributed by atoms with van der Waals surface area (Å²) in [7, 11) is -3.53. The summed E-state index contributed by atoms with van der Waals surface area (Å²) in [6, 6.07) is 4.92. The summed E-state index contributed by atoms with van der Waals surface area (Å²) in [5, 5.41) is 0. The van der Waals surface area contributed by atoms with Crippen LogP contribution >= 0.6 is 28.3 Å². The summed E-state index contributed by atoms with van der Waals surface area (Å²) in [6.45, 7) is 5.62. The number of nitrogens with one attached hydrogen (secondary N) is 1. The third-order valence-electron chi connectivity index (χ3n) is 2.37. The van der Waals surface area contributed by atoms with E-state index < -0.39 is 15.6 Å². The molecule has 0 saturated carbocycles. The predicted molar refractivity (Wildman–Crippen MR) is 79.6 cm³/mol. The van der Waals surface area contributed by atoms with Crippen molar-refractivity contribution >= 4 is 38.4 Å². The van der Waals surface area contributed by atoms with Crippen molar-refractivity contribution in [1.82, 2.24) is 4.72 Å². The number of hydrogen-bond acceptors (Lipinski definition) is 3. The SMILES string of the molecule is Cc1ccc(S(=O)(=O)NC(C)(C)CN)cc1Br.Cl. The van der Waals surface area contributed by atoms with E-state index >= 15 is 0 Å². The molecule has 104 valence electrons. The van der Waals surface area contributed by atoms with Crippen LogP contribution in [-0.4, -0.2) is 20.5 Å². The highest BCUT2D eigenvalue weighted by Gasteiger charge is 2.25. The Balaban J connectivity index is 0.00000289. The summed E-state index contributed by atoms with van der Waals surface area (Å²) in [6.07, 6.45) is 0. The molecule has 3 N–H and O–H groups in total. The summed E-state index contributed by atoms with van der Waals surface area (Å²) in [5.74, 6) is 0. The summed E-state index contributed by atoms with van der Waals surface area (Å²) in [5.41, 5.74) is 5.84. The summed E-state index contributed by atoms with van der Waals surface area (Å²) < 4.78 is 27.5. The fourth-order valence-electron chi connectivity index (χ4n) is 1.21. The number of hydrogen-bond donors (Lipinski definition) is 2. The van der Waals surface area contributed by atoms with E-state index in [1.807, 2.05) is 6.92 Å². The van der Waals surface area contributed by atoms with E-state index in [1.165, 1.54) is 0 Å². The van der Waals surface area contributed by atoms with Crippen LogP contribution in [0.1, 0.15) is 19.4 Å². The van der Waals surface area contributed by atoms with Crippen LogP contribution in [-0.2, 0) is 10.0 Å². The van der Waals surface area contributed by atoms with E-state index in [1.54, 1.807) is 32.0 Å². The fourth-order valence-corrected chi connectivity index (χ4v) is 3.18. The highest BCUT2D eigenvalue weighted by Crippen LogP contribution is 2.21. The van der Waals surface area contributed by atoms with Gasteiger partial charge in [-0.15, -0.1) is 12.4 Å². The average molecular weight is 358 g/mol. The van der Waals surface area contributed by atoms with Crippen LogP contribution in [0.2, 0.25) is 0 Å². The first-order valence-corrected chi connectivity index (χ1v) is 7.46. The standard InChI is InChI=1S/C11H17BrN2O2S.ClH/c1-8-4-5-9(6-10(8)12)17(15,16)14-11(2,3)7-13;/h4-6,14H,7,13H2,1-3H3;1H. The molecule has 0 bridgehead atoms. The molecular formula is C11H18BrClN2O2S. The molecule has 7 heteroatoms. The lowest BCUT2D eigenvalue weighted by atomic mass is 10.1. The highest BCUT2D eigenvalue weighted by molar-refractivity contribution is 9.10. The lowest BCUT2D eigenvalue weighted by Gasteiger charge is -2.24. The van der Waals surface area contributed by atoms with Gasteiger partial charge in [-0.2, -0.15) is 0 Å². The van der Waals surface area contributed by atoms with Crippen LogP contribution in [0.25, 0.3) is 0 Å². The Morgan fingerprint density at radius 3 is 2.39 bits per heavy atom. The minimum Gasteiger partial charge on any atom is -0.329 e. The van der Waals surface area contributed by atoms with E-state index in [4.69, 9.17) is 5.73 Å². The predicted octanol–water partition coefficient (Wildman–Crippen LogP) is 2.19. The van der Waals surface area contributed by atoms with Gasteiger partial charge in [-0.3, -0.25) is 0 Å². The summed E-state index contributed by atoms with van der Waals surface area (Å²) >= 11 is 3.32. The van der Waals surface area contributed by atoms with Crippen molar-refractivity contribution in [3.05, 3.63) is 28.2 Å². The third kappa shape index (κ3) is 4.51. The molecule has 0 aliphatic heterocycles. The minimum atomic E-state index is -3.53. The second kappa shape index (κ2) is 6.34. The van der Waals surface area contributed by atoms with Crippen molar-refractivity contribution in [2.45, 2.75) is 31.2 Å². The Bertz CT molecular complexity index is 518. The molecule has 1 rings (SSSR count). The first-order chi connectivity index (χ1) is 7.68. The van der Waals surface area contributed by atoms with Crippen molar-refractivity contribution in [2.75, 3.05) is 6.54 Å². The average Bonchev–Trinajstić information content (AvgIpc) is 2.20. The number of sulfonamides is 1. The Labute approximate surface area is 123 Å². The number of nitrogens with two attached hydrogens (primary N) is 1. The van der Waals surface area contributed by atoms with Gasteiger partial charge < -0.3 is 5.73 Å². The van der Waals surface area contributed by atoms with Gasteiger partial charge >= 0.3 is 0 Å². The van der Waals surface area contributed by atoms with E-state index in [2.05, 4.69) is 20.7 Å². The van der Waals surface area contributed by atoms with Crippen LogP contribution in [0.3, 0.4) is 0 Å². The van der Waals surface area contributed by atoms with Crippen molar-refractivity contribution in [1.29, 1.82) is 0 Å². The Morgan fingerprint density at radius 2 is 1.94 bits per heavy atom. The van der Waals surface area contributed by atoms with E-state index in [0.717, 1.165) is 10.0 Å². The van der Waals surface area contributed by atoms with Gasteiger partial charge in [0.15, 0.2) is 0 Å². The molecule has 0 spiro atoms. The van der Waals surface area contributed by atoms with Gasteiger partial charge in [-0.1, -0.05) is 22.0 Å². The monoisotopic (exact) mass is 356 g/mol. The van der Waals surface area contributed by atoms with Gasteiger partial charge in [0.25, 0.3) is 0 Å². The molecule has 0 saturated heterocycles. The zero-order valence-electron chi connectivity index (χ0n) is 10.5. The second-order valence-electron chi connectivity index (χ2n) is 4.60. The molecule has 0 aliphatic rings. The first kappa shape index (κ1) is 17.9. The zero-order valence-corrected chi connectivity index (χ0v) is 13.7. The lowest BCUT2D eigenvalue weighted by Crippen LogP contribution is -2.48. The molecule has 1 aromatic carbocycles. The fraction of sp³-hybridized carbons (Fsp3) is 0.455. The van der Waals surface area contributed by atoms with Crippen LogP contribution in [0.15, 0.2) is 27.6 Å². The van der Waals surface area contributed by atoms with Crippen LogP contribution in [0, 0.1) is 6.92 Å². The number of aryl methyl sites for hydroxylation is 1. The lowest BCUT2D eigenvalue weighted by molar-refractivity contribution is 0.462. The first-order valence-electron chi connectivity index (χ1n) is 5.18. The molecule has 0 unspecified atom stereocenters. The van der Waals surface area contributed by atoms with Crippen molar-refractivity contribution < 1.29 is 8.42 Å². The van der Waals surface area contributed by atoms with Gasteiger partial charge in [0.2, 0.25) is 10.0 Å². The van der Waals surface area contributed by atoms with E-state index in [9.17, 15) is 8.42 Å². The molecule has 0 atom stereocenters. The van der Waals surface area contributed by atoms with Gasteiger partial charge in [-0.25, -0.2) is 13.1 Å². The zero-order chi connectivity index (χ0) is 13.3. The molecule has 0 amide bonds. The molecule has 0 radical (unpaired) electrons. The van der Waals surface area contributed by atoms with Crippen molar-refractivity contribution in [3.8, 4) is 0 Å². The van der Waals surface area contributed by atoms with Gasteiger partial charge in [0.1, 0.15) is 0 Å². The molecule has 0 aliphatic carbocycles. The van der Waals surface area contributed by atoms with Gasteiger partial charge in [-0.05, 0) is 38.5 Å². The van der Waals surface area contributed by atoms with Crippen LogP contribution in [0.5, 0.6) is 0 Å². The van der Waals surface area contributed by atoms with Crippen LogP contribution < -0.4 is 10.5 Å². The Hall–Kier alpha value is -0.140. The maximum Gasteiger partial charge on any atom is 0.241 e.